The van der Waals surface area contributed by atoms with E-state index >= 15 is 0 Å². The molecule has 0 heterocycles. The van der Waals surface area contributed by atoms with Gasteiger partial charge in [0.05, 0.1) is 11.6 Å². The van der Waals surface area contributed by atoms with Gasteiger partial charge in [-0.1, -0.05) is 18.2 Å². The van der Waals surface area contributed by atoms with Crippen LogP contribution in [0.2, 0.25) is 0 Å². The third kappa shape index (κ3) is 2.32. The van der Waals surface area contributed by atoms with Crippen molar-refractivity contribution in [3.05, 3.63) is 35.9 Å². The van der Waals surface area contributed by atoms with Gasteiger partial charge in [-0.05, 0) is 12.1 Å². The van der Waals surface area contributed by atoms with Crippen molar-refractivity contribution < 1.29 is 0 Å². The maximum atomic E-state index is 8.29. The standard InChI is InChI=1S/C7H5N.H2Se/c8-6-7-4-2-1-3-5-7;/h1-5H;1H2. The third-order valence-corrected chi connectivity index (χ3v) is 0.903. The van der Waals surface area contributed by atoms with Gasteiger partial charge in [-0.3, -0.25) is 0 Å². The molecule has 0 unspecified atom stereocenters. The summed E-state index contributed by atoms with van der Waals surface area (Å²) in [5.74, 6) is 0. The predicted molar refractivity (Wildman–Crippen MR) is 39.7 cm³/mol. The molecule has 1 nitrogen and oxygen atoms in total. The quantitative estimate of drug-likeness (QED) is 0.543. The zero-order valence-corrected chi connectivity index (χ0v) is 6.93. The summed E-state index contributed by atoms with van der Waals surface area (Å²) >= 11 is 0. The van der Waals surface area contributed by atoms with Gasteiger partial charge in [-0.15, -0.1) is 0 Å². The minimum absolute atomic E-state index is 0. The molecule has 0 radical (unpaired) electrons. The Labute approximate surface area is 64.8 Å². The summed E-state index contributed by atoms with van der Waals surface area (Å²) in [7, 11) is 0. The number of rotatable bonds is 0. The van der Waals surface area contributed by atoms with Gasteiger partial charge in [-0.25, -0.2) is 0 Å². The molecule has 1 aromatic rings. The Bertz CT molecular complexity index is 200. The zero-order chi connectivity index (χ0) is 5.82. The SMILES string of the molecule is N#Cc1ccccc1.[SeH2]. The van der Waals surface area contributed by atoms with Crippen LogP contribution < -0.4 is 0 Å². The molecule has 1 aromatic carbocycles. The van der Waals surface area contributed by atoms with Crippen molar-refractivity contribution in [2.75, 3.05) is 0 Å². The number of benzene rings is 1. The van der Waals surface area contributed by atoms with E-state index in [0.717, 1.165) is 0 Å². The summed E-state index contributed by atoms with van der Waals surface area (Å²) in [6.45, 7) is 0. The van der Waals surface area contributed by atoms with E-state index in [1.165, 1.54) is 0 Å². The fourth-order valence-corrected chi connectivity index (χ4v) is 0.513. The first-order valence-electron chi connectivity index (χ1n) is 2.38. The van der Waals surface area contributed by atoms with Crippen molar-refractivity contribution in [2.45, 2.75) is 0 Å². The molecule has 0 spiro atoms. The Morgan fingerprint density at radius 3 is 2.00 bits per heavy atom. The molecule has 0 aromatic heterocycles. The van der Waals surface area contributed by atoms with Crippen molar-refractivity contribution in [1.82, 2.24) is 0 Å². The Kier molecular flexibility index (Phi) is 3.79. The first kappa shape index (κ1) is 8.23. The number of hydrogen-bond acceptors (Lipinski definition) is 1. The van der Waals surface area contributed by atoms with Crippen molar-refractivity contribution in [2.24, 2.45) is 0 Å². The molecule has 2 heteroatoms. The summed E-state index contributed by atoms with van der Waals surface area (Å²) in [4.78, 5) is 0. The molecule has 0 amide bonds. The zero-order valence-electron chi connectivity index (χ0n) is 4.83. The van der Waals surface area contributed by atoms with Gasteiger partial charge in [-0.2, -0.15) is 5.26 Å². The topological polar surface area (TPSA) is 23.8 Å². The van der Waals surface area contributed by atoms with Crippen LogP contribution in [0.5, 0.6) is 0 Å². The molecule has 0 N–H and O–H groups in total. The van der Waals surface area contributed by atoms with E-state index in [9.17, 15) is 0 Å². The van der Waals surface area contributed by atoms with Crippen LogP contribution in [0.15, 0.2) is 30.3 Å². The second kappa shape index (κ2) is 4.14. The van der Waals surface area contributed by atoms with Crippen LogP contribution >= 0.6 is 0 Å². The van der Waals surface area contributed by atoms with Crippen LogP contribution in [0.4, 0.5) is 0 Å². The number of nitrogens with zero attached hydrogens (tertiary/aromatic N) is 1. The Balaban J connectivity index is 0.000000640. The molecular formula is C7H7NSe. The average Bonchev–Trinajstić information content (AvgIpc) is 1.90. The van der Waals surface area contributed by atoms with Gasteiger partial charge in [0.15, 0.2) is 0 Å². The first-order chi connectivity index (χ1) is 3.93. The number of nitriles is 1. The Hall–Kier alpha value is -0.771. The predicted octanol–water partition coefficient (Wildman–Crippen LogP) is 0.642. The van der Waals surface area contributed by atoms with E-state index in [2.05, 4.69) is 0 Å². The van der Waals surface area contributed by atoms with Gasteiger partial charge in [0, 0.05) is 0 Å². The van der Waals surface area contributed by atoms with Gasteiger partial charge in [0.25, 0.3) is 0 Å². The molecule has 9 heavy (non-hydrogen) atoms. The van der Waals surface area contributed by atoms with Crippen LogP contribution in [0, 0.1) is 11.3 Å². The van der Waals surface area contributed by atoms with Crippen LogP contribution in [-0.4, -0.2) is 17.1 Å². The molecule has 0 saturated heterocycles. The van der Waals surface area contributed by atoms with E-state index in [4.69, 9.17) is 5.26 Å². The fourth-order valence-electron chi connectivity index (χ4n) is 0.513. The molecular weight excluding hydrogens is 177 g/mol. The van der Waals surface area contributed by atoms with E-state index in [1.54, 1.807) is 12.1 Å². The van der Waals surface area contributed by atoms with Crippen molar-refractivity contribution in [3.63, 3.8) is 0 Å². The van der Waals surface area contributed by atoms with Crippen molar-refractivity contribution in [1.29, 1.82) is 5.26 Å². The molecule has 46 valence electrons. The van der Waals surface area contributed by atoms with Crippen LogP contribution in [0.1, 0.15) is 5.56 Å². The van der Waals surface area contributed by atoms with Gasteiger partial charge in [0.2, 0.25) is 0 Å². The van der Waals surface area contributed by atoms with Gasteiger partial charge in [0.1, 0.15) is 0 Å². The third-order valence-electron chi connectivity index (χ3n) is 0.903. The fraction of sp³-hybridized carbons (Fsp3) is 0. The minimum atomic E-state index is 0. The van der Waals surface area contributed by atoms with Crippen molar-refractivity contribution in [3.8, 4) is 6.07 Å². The summed E-state index contributed by atoms with van der Waals surface area (Å²) < 4.78 is 0. The van der Waals surface area contributed by atoms with Gasteiger partial charge >= 0.3 is 17.1 Å². The molecule has 0 fully saturated rings. The molecule has 1 rings (SSSR count). The second-order valence-electron chi connectivity index (χ2n) is 1.48. The monoisotopic (exact) mass is 185 g/mol. The van der Waals surface area contributed by atoms with Gasteiger partial charge < -0.3 is 0 Å². The van der Waals surface area contributed by atoms with Crippen LogP contribution in [-0.2, 0) is 0 Å². The average molecular weight is 184 g/mol. The van der Waals surface area contributed by atoms with E-state index in [1.807, 2.05) is 24.3 Å². The summed E-state index contributed by atoms with van der Waals surface area (Å²) in [6, 6.07) is 11.2. The van der Waals surface area contributed by atoms with Crippen molar-refractivity contribution >= 4 is 17.1 Å². The molecule has 0 aliphatic heterocycles. The maximum absolute atomic E-state index is 8.29. The van der Waals surface area contributed by atoms with Crippen LogP contribution in [0.25, 0.3) is 0 Å². The normalized spacial score (nSPS) is 7.00. The molecule has 0 aliphatic rings. The van der Waals surface area contributed by atoms with E-state index in [-0.39, 0.29) is 17.1 Å². The molecule has 0 saturated carbocycles. The summed E-state index contributed by atoms with van der Waals surface area (Å²) in [5.41, 5.74) is 0.715. The molecule has 0 aliphatic carbocycles. The second-order valence-corrected chi connectivity index (χ2v) is 1.48. The van der Waals surface area contributed by atoms with E-state index < -0.39 is 0 Å². The van der Waals surface area contributed by atoms with E-state index in [0.29, 0.717) is 5.56 Å². The number of hydrogen-bond donors (Lipinski definition) is 0. The Morgan fingerprint density at radius 2 is 1.67 bits per heavy atom. The Morgan fingerprint density at radius 1 is 1.11 bits per heavy atom. The molecule has 0 atom stereocenters. The summed E-state index contributed by atoms with van der Waals surface area (Å²) in [6.07, 6.45) is 0. The first-order valence-corrected chi connectivity index (χ1v) is 2.38. The summed E-state index contributed by atoms with van der Waals surface area (Å²) in [5, 5.41) is 8.29. The molecule has 0 bridgehead atoms. The van der Waals surface area contributed by atoms with Crippen LogP contribution in [0.3, 0.4) is 0 Å².